The van der Waals surface area contributed by atoms with Crippen molar-refractivity contribution in [2.75, 3.05) is 11.4 Å². The lowest BCUT2D eigenvalue weighted by molar-refractivity contribution is -0.126. The Labute approximate surface area is 137 Å². The zero-order chi connectivity index (χ0) is 16.4. The molecule has 23 heavy (non-hydrogen) atoms. The van der Waals surface area contributed by atoms with Gasteiger partial charge in [-0.25, -0.2) is 0 Å². The lowest BCUT2D eigenvalue weighted by Crippen LogP contribution is -2.32. The van der Waals surface area contributed by atoms with Crippen LogP contribution in [0.4, 0.5) is 5.69 Å². The lowest BCUT2D eigenvalue weighted by atomic mass is 10.1. The van der Waals surface area contributed by atoms with Crippen molar-refractivity contribution in [1.82, 2.24) is 15.5 Å². The van der Waals surface area contributed by atoms with Crippen LogP contribution < -0.4 is 10.2 Å². The van der Waals surface area contributed by atoms with Gasteiger partial charge in [0.2, 0.25) is 23.6 Å². The minimum absolute atomic E-state index is 0.0962. The first-order valence-corrected chi connectivity index (χ1v) is 7.53. The van der Waals surface area contributed by atoms with Gasteiger partial charge < -0.3 is 14.6 Å². The first-order valence-electron chi connectivity index (χ1n) is 7.15. The third kappa shape index (κ3) is 3.50. The summed E-state index contributed by atoms with van der Waals surface area (Å²) in [6.45, 7) is 2.16. The number of rotatable bonds is 4. The predicted octanol–water partition coefficient (Wildman–Crippen LogP) is 1.70. The van der Waals surface area contributed by atoms with E-state index in [9.17, 15) is 9.59 Å². The third-order valence-electron chi connectivity index (χ3n) is 3.60. The Hall–Kier alpha value is -2.41. The number of aryl methyl sites for hydroxylation is 1. The smallest absolute Gasteiger partial charge is 0.235 e. The Balaban J connectivity index is 1.61. The van der Waals surface area contributed by atoms with Gasteiger partial charge >= 0.3 is 0 Å². The highest BCUT2D eigenvalue weighted by Gasteiger charge is 2.35. The standard InChI is InChI=1S/C15H15ClN4O3/c1-9-18-19-13(23-9)7-17-15(22)10-5-14(21)20(8-10)12-4-2-3-11(16)6-12/h2-4,6,10H,5,7-8H2,1H3,(H,17,22)/t10-/m0/s1. The van der Waals surface area contributed by atoms with Crippen LogP contribution in [0.3, 0.4) is 0 Å². The van der Waals surface area contributed by atoms with Crippen LogP contribution in [0.25, 0.3) is 0 Å². The van der Waals surface area contributed by atoms with Gasteiger partial charge in [-0.3, -0.25) is 9.59 Å². The van der Waals surface area contributed by atoms with Crippen LogP contribution in [0, 0.1) is 12.8 Å². The number of carbonyl (C=O) groups excluding carboxylic acids is 2. The summed E-state index contributed by atoms with van der Waals surface area (Å²) in [6.07, 6.45) is 0.168. The Morgan fingerprint density at radius 1 is 1.48 bits per heavy atom. The molecule has 2 aromatic rings. The topological polar surface area (TPSA) is 88.3 Å². The van der Waals surface area contributed by atoms with Crippen LogP contribution in [-0.4, -0.2) is 28.6 Å². The fraction of sp³-hybridized carbons (Fsp3) is 0.333. The summed E-state index contributed by atoms with van der Waals surface area (Å²) in [7, 11) is 0. The van der Waals surface area contributed by atoms with Crippen LogP contribution in [0.5, 0.6) is 0 Å². The van der Waals surface area contributed by atoms with E-state index in [1.165, 1.54) is 0 Å². The fourth-order valence-electron chi connectivity index (χ4n) is 2.49. The summed E-state index contributed by atoms with van der Waals surface area (Å²) >= 11 is 5.95. The zero-order valence-electron chi connectivity index (χ0n) is 12.5. The van der Waals surface area contributed by atoms with Gasteiger partial charge in [0.25, 0.3) is 0 Å². The molecule has 1 aromatic carbocycles. The van der Waals surface area contributed by atoms with Crippen LogP contribution in [0.1, 0.15) is 18.2 Å². The normalized spacial score (nSPS) is 17.6. The second-order valence-corrected chi connectivity index (χ2v) is 5.75. The van der Waals surface area contributed by atoms with Crippen LogP contribution in [0.2, 0.25) is 5.02 Å². The van der Waals surface area contributed by atoms with Crippen LogP contribution in [-0.2, 0) is 16.1 Å². The molecule has 0 spiro atoms. The molecule has 1 aliphatic heterocycles. The lowest BCUT2D eigenvalue weighted by Gasteiger charge is -2.16. The van der Waals surface area contributed by atoms with Crippen LogP contribution in [0.15, 0.2) is 28.7 Å². The predicted molar refractivity (Wildman–Crippen MR) is 82.8 cm³/mol. The molecule has 1 atom stereocenters. The van der Waals surface area contributed by atoms with Crippen molar-refractivity contribution in [3.8, 4) is 0 Å². The van der Waals surface area contributed by atoms with Gasteiger partial charge in [-0.15, -0.1) is 10.2 Å². The first kappa shape index (κ1) is 15.5. The molecule has 1 saturated heterocycles. The second-order valence-electron chi connectivity index (χ2n) is 5.32. The second kappa shape index (κ2) is 6.37. The molecule has 2 amide bonds. The van der Waals surface area contributed by atoms with E-state index in [1.807, 2.05) is 0 Å². The average Bonchev–Trinajstić information content (AvgIpc) is 3.11. The van der Waals surface area contributed by atoms with Crippen molar-refractivity contribution in [1.29, 1.82) is 0 Å². The van der Waals surface area contributed by atoms with Crippen molar-refractivity contribution >= 4 is 29.1 Å². The maximum Gasteiger partial charge on any atom is 0.235 e. The SMILES string of the molecule is Cc1nnc(CNC(=O)[C@H]2CC(=O)N(c3cccc(Cl)c3)C2)o1. The molecule has 3 rings (SSSR count). The Bertz CT molecular complexity index is 746. The van der Waals surface area contributed by atoms with Crippen molar-refractivity contribution in [2.45, 2.75) is 19.9 Å². The quantitative estimate of drug-likeness (QED) is 0.919. The molecular weight excluding hydrogens is 320 g/mol. The van der Waals surface area contributed by atoms with Crippen LogP contribution >= 0.6 is 11.6 Å². The number of carbonyl (C=O) groups is 2. The summed E-state index contributed by atoms with van der Waals surface area (Å²) in [6, 6.07) is 7.02. The van der Waals surface area contributed by atoms with Crippen molar-refractivity contribution < 1.29 is 14.0 Å². The molecule has 2 heterocycles. The highest BCUT2D eigenvalue weighted by atomic mass is 35.5. The minimum Gasteiger partial charge on any atom is -0.424 e. The Kier molecular flexibility index (Phi) is 4.29. The molecule has 0 bridgehead atoms. The van der Waals surface area contributed by atoms with E-state index in [2.05, 4.69) is 15.5 Å². The van der Waals surface area contributed by atoms with Gasteiger partial charge in [0.15, 0.2) is 0 Å². The number of halogens is 1. The van der Waals surface area contributed by atoms with E-state index in [4.69, 9.17) is 16.0 Å². The molecule has 8 heteroatoms. The third-order valence-corrected chi connectivity index (χ3v) is 3.83. The summed E-state index contributed by atoms with van der Waals surface area (Å²) < 4.78 is 5.19. The minimum atomic E-state index is -0.412. The molecule has 1 aromatic heterocycles. The summed E-state index contributed by atoms with van der Waals surface area (Å²) in [5, 5.41) is 10.8. The largest absolute Gasteiger partial charge is 0.424 e. The van der Waals surface area contributed by atoms with Gasteiger partial charge in [-0.2, -0.15) is 0 Å². The maximum absolute atomic E-state index is 12.2. The summed E-state index contributed by atoms with van der Waals surface area (Å²) in [5.74, 6) is 0.0644. The van der Waals surface area contributed by atoms with E-state index >= 15 is 0 Å². The Morgan fingerprint density at radius 2 is 2.30 bits per heavy atom. The van der Waals surface area contributed by atoms with E-state index < -0.39 is 5.92 Å². The van der Waals surface area contributed by atoms with Crippen molar-refractivity contribution in [2.24, 2.45) is 5.92 Å². The van der Waals surface area contributed by atoms with Crippen molar-refractivity contribution in [3.63, 3.8) is 0 Å². The van der Waals surface area contributed by atoms with Gasteiger partial charge in [-0.05, 0) is 18.2 Å². The average molecular weight is 335 g/mol. The molecule has 0 radical (unpaired) electrons. The molecule has 0 saturated carbocycles. The number of nitrogens with zero attached hydrogens (tertiary/aromatic N) is 3. The van der Waals surface area contributed by atoms with E-state index in [0.29, 0.717) is 29.0 Å². The molecule has 120 valence electrons. The number of hydrogen-bond donors (Lipinski definition) is 1. The summed E-state index contributed by atoms with van der Waals surface area (Å²) in [4.78, 5) is 25.9. The molecular formula is C15H15ClN4O3. The van der Waals surface area contributed by atoms with Gasteiger partial charge in [-0.1, -0.05) is 17.7 Å². The highest BCUT2D eigenvalue weighted by Crippen LogP contribution is 2.27. The van der Waals surface area contributed by atoms with Gasteiger partial charge in [0, 0.05) is 30.6 Å². The van der Waals surface area contributed by atoms with Gasteiger partial charge in [0.05, 0.1) is 12.5 Å². The van der Waals surface area contributed by atoms with Gasteiger partial charge in [0.1, 0.15) is 0 Å². The first-order chi connectivity index (χ1) is 11.0. The fourth-order valence-corrected chi connectivity index (χ4v) is 2.68. The molecule has 0 aliphatic carbocycles. The number of aromatic nitrogens is 2. The van der Waals surface area contributed by atoms with E-state index in [1.54, 1.807) is 36.1 Å². The Morgan fingerprint density at radius 3 is 3.00 bits per heavy atom. The van der Waals surface area contributed by atoms with E-state index in [0.717, 1.165) is 0 Å². The maximum atomic E-state index is 12.2. The number of nitrogens with one attached hydrogen (secondary N) is 1. The number of hydrogen-bond acceptors (Lipinski definition) is 5. The zero-order valence-corrected chi connectivity index (χ0v) is 13.2. The highest BCUT2D eigenvalue weighted by molar-refractivity contribution is 6.30. The van der Waals surface area contributed by atoms with E-state index in [-0.39, 0.29) is 24.8 Å². The molecule has 7 nitrogen and oxygen atoms in total. The summed E-state index contributed by atoms with van der Waals surface area (Å²) in [5.41, 5.74) is 0.699. The number of benzene rings is 1. The number of anilines is 1. The number of amides is 2. The molecule has 1 fully saturated rings. The monoisotopic (exact) mass is 334 g/mol. The molecule has 1 aliphatic rings. The molecule has 1 N–H and O–H groups in total. The van der Waals surface area contributed by atoms with Crippen molar-refractivity contribution in [3.05, 3.63) is 41.1 Å². The molecule has 0 unspecified atom stereocenters.